The maximum atomic E-state index is 5.63. The van der Waals surface area contributed by atoms with Crippen LogP contribution in [0.25, 0.3) is 0 Å². The van der Waals surface area contributed by atoms with Crippen LogP contribution < -0.4 is 4.74 Å². The van der Waals surface area contributed by atoms with Crippen molar-refractivity contribution in [3.8, 4) is 5.75 Å². The van der Waals surface area contributed by atoms with Gasteiger partial charge >= 0.3 is 0 Å². The van der Waals surface area contributed by atoms with Crippen molar-refractivity contribution < 1.29 is 4.74 Å². The molecule has 1 saturated carbocycles. The molecule has 0 unspecified atom stereocenters. The lowest BCUT2D eigenvalue weighted by Crippen LogP contribution is -2.29. The molecule has 106 valence electrons. The van der Waals surface area contributed by atoms with E-state index in [9.17, 15) is 0 Å². The molecule has 0 spiro atoms. The van der Waals surface area contributed by atoms with Crippen LogP contribution in [-0.2, 0) is 5.41 Å². The average molecular weight is 260 g/mol. The molecule has 1 aromatic carbocycles. The van der Waals surface area contributed by atoms with Crippen LogP contribution >= 0.6 is 0 Å². The van der Waals surface area contributed by atoms with Crippen LogP contribution in [0.3, 0.4) is 0 Å². The van der Waals surface area contributed by atoms with Crippen LogP contribution in [0.2, 0.25) is 0 Å². The Bertz CT molecular complexity index is 377. The van der Waals surface area contributed by atoms with E-state index in [2.05, 4.69) is 31.2 Å². The third-order valence-electron chi connectivity index (χ3n) is 4.75. The molecule has 0 aliphatic heterocycles. The second-order valence-corrected chi connectivity index (χ2v) is 6.00. The number of hydrogen-bond acceptors (Lipinski definition) is 1. The lowest BCUT2D eigenvalue weighted by atomic mass is 9.66. The summed E-state index contributed by atoms with van der Waals surface area (Å²) in [6, 6.07) is 8.69. The summed E-state index contributed by atoms with van der Waals surface area (Å²) in [5.41, 5.74) is 1.85. The van der Waals surface area contributed by atoms with Gasteiger partial charge in [0.2, 0.25) is 0 Å². The summed E-state index contributed by atoms with van der Waals surface area (Å²) in [5, 5.41) is 0. The highest BCUT2D eigenvalue weighted by atomic mass is 16.5. The summed E-state index contributed by atoms with van der Waals surface area (Å²) in [4.78, 5) is 0. The van der Waals surface area contributed by atoms with Gasteiger partial charge in [-0.2, -0.15) is 0 Å². The largest absolute Gasteiger partial charge is 0.496 e. The lowest BCUT2D eigenvalue weighted by molar-refractivity contribution is 0.256. The van der Waals surface area contributed by atoms with Gasteiger partial charge in [0.25, 0.3) is 0 Å². The molecular weight excluding hydrogens is 232 g/mol. The summed E-state index contributed by atoms with van der Waals surface area (Å²) in [6.45, 7) is 2.29. The predicted molar refractivity (Wildman–Crippen MR) is 81.9 cm³/mol. The van der Waals surface area contributed by atoms with Crippen molar-refractivity contribution in [2.45, 2.75) is 70.1 Å². The highest BCUT2D eigenvalue weighted by Crippen LogP contribution is 2.46. The summed E-state index contributed by atoms with van der Waals surface area (Å²) < 4.78 is 5.63. The van der Waals surface area contributed by atoms with E-state index in [-0.39, 0.29) is 0 Å². The first-order chi connectivity index (χ1) is 9.32. The van der Waals surface area contributed by atoms with Crippen LogP contribution in [0.5, 0.6) is 5.75 Å². The van der Waals surface area contributed by atoms with E-state index in [0.717, 1.165) is 5.75 Å². The Kier molecular flexibility index (Phi) is 5.30. The number of hydrogen-bond donors (Lipinski definition) is 0. The number of para-hydroxylation sites is 1. The zero-order chi connectivity index (χ0) is 13.6. The Morgan fingerprint density at radius 1 is 1.05 bits per heavy atom. The highest BCUT2D eigenvalue weighted by molar-refractivity contribution is 5.40. The first-order valence-corrected chi connectivity index (χ1v) is 7.96. The fraction of sp³-hybridized carbons (Fsp3) is 0.667. The lowest BCUT2D eigenvalue weighted by Gasteiger charge is -2.39. The molecule has 0 atom stereocenters. The van der Waals surface area contributed by atoms with Gasteiger partial charge in [-0.25, -0.2) is 0 Å². The number of rotatable bonds is 6. The van der Waals surface area contributed by atoms with Gasteiger partial charge in [-0.1, -0.05) is 63.6 Å². The van der Waals surface area contributed by atoms with E-state index in [4.69, 9.17) is 4.74 Å². The maximum absolute atomic E-state index is 5.63. The van der Waals surface area contributed by atoms with Crippen LogP contribution in [0, 0.1) is 0 Å². The molecule has 1 aliphatic carbocycles. The SMILES string of the molecule is CCCCCC1(c2ccccc2OC)CCCCC1. The fourth-order valence-electron chi connectivity index (χ4n) is 3.68. The zero-order valence-electron chi connectivity index (χ0n) is 12.6. The second kappa shape index (κ2) is 6.98. The summed E-state index contributed by atoms with van der Waals surface area (Å²) in [7, 11) is 1.81. The van der Waals surface area contributed by atoms with Gasteiger partial charge < -0.3 is 4.74 Å². The molecule has 19 heavy (non-hydrogen) atoms. The predicted octanol–water partition coefficient (Wildman–Crippen LogP) is 5.48. The van der Waals surface area contributed by atoms with Gasteiger partial charge in [-0.3, -0.25) is 0 Å². The Balaban J connectivity index is 2.25. The van der Waals surface area contributed by atoms with Crippen LogP contribution in [-0.4, -0.2) is 7.11 Å². The maximum Gasteiger partial charge on any atom is 0.122 e. The first-order valence-electron chi connectivity index (χ1n) is 7.96. The van der Waals surface area contributed by atoms with Gasteiger partial charge in [-0.05, 0) is 30.7 Å². The molecule has 1 aromatic rings. The molecule has 0 amide bonds. The second-order valence-electron chi connectivity index (χ2n) is 6.00. The van der Waals surface area contributed by atoms with Crippen molar-refractivity contribution in [2.24, 2.45) is 0 Å². The normalized spacial score (nSPS) is 18.2. The van der Waals surface area contributed by atoms with Crippen molar-refractivity contribution in [1.29, 1.82) is 0 Å². The molecular formula is C18H28O. The van der Waals surface area contributed by atoms with Crippen molar-refractivity contribution in [3.05, 3.63) is 29.8 Å². The molecule has 1 nitrogen and oxygen atoms in total. The minimum atomic E-state index is 0.389. The van der Waals surface area contributed by atoms with Crippen molar-refractivity contribution in [3.63, 3.8) is 0 Å². The third kappa shape index (κ3) is 3.32. The molecule has 0 aromatic heterocycles. The Morgan fingerprint density at radius 3 is 2.47 bits per heavy atom. The molecule has 1 aliphatic rings. The van der Waals surface area contributed by atoms with E-state index in [1.807, 2.05) is 0 Å². The van der Waals surface area contributed by atoms with Crippen LogP contribution in [0.15, 0.2) is 24.3 Å². The summed E-state index contributed by atoms with van der Waals surface area (Å²) in [6.07, 6.45) is 12.2. The highest BCUT2D eigenvalue weighted by Gasteiger charge is 2.35. The Hall–Kier alpha value is -0.980. The molecule has 0 saturated heterocycles. The fourth-order valence-corrected chi connectivity index (χ4v) is 3.68. The molecule has 2 rings (SSSR count). The van der Waals surface area contributed by atoms with Gasteiger partial charge in [0.15, 0.2) is 0 Å². The smallest absolute Gasteiger partial charge is 0.122 e. The van der Waals surface area contributed by atoms with E-state index >= 15 is 0 Å². The van der Waals surface area contributed by atoms with Crippen LogP contribution in [0.1, 0.15) is 70.3 Å². The van der Waals surface area contributed by atoms with Crippen LogP contribution in [0.4, 0.5) is 0 Å². The first kappa shape index (κ1) is 14.4. The monoisotopic (exact) mass is 260 g/mol. The van der Waals surface area contributed by atoms with Gasteiger partial charge in [-0.15, -0.1) is 0 Å². The van der Waals surface area contributed by atoms with Crippen molar-refractivity contribution >= 4 is 0 Å². The quantitative estimate of drug-likeness (QED) is 0.616. The van der Waals surface area contributed by atoms with E-state index in [0.29, 0.717) is 5.41 Å². The Morgan fingerprint density at radius 2 is 1.79 bits per heavy atom. The molecule has 0 bridgehead atoms. The Labute approximate surface area is 118 Å². The molecule has 1 fully saturated rings. The topological polar surface area (TPSA) is 9.23 Å². The standard InChI is InChI=1S/C18H28O/c1-3-4-8-13-18(14-9-5-10-15-18)16-11-6-7-12-17(16)19-2/h6-7,11-12H,3-5,8-10,13-15H2,1-2H3. The number of ether oxygens (including phenoxy) is 1. The number of benzene rings is 1. The number of unbranched alkanes of at least 4 members (excludes halogenated alkanes) is 2. The third-order valence-corrected chi connectivity index (χ3v) is 4.75. The molecule has 0 heterocycles. The van der Waals surface area contributed by atoms with Crippen molar-refractivity contribution in [1.82, 2.24) is 0 Å². The molecule has 0 radical (unpaired) electrons. The summed E-state index contributed by atoms with van der Waals surface area (Å²) >= 11 is 0. The van der Waals surface area contributed by atoms with Gasteiger partial charge in [0, 0.05) is 5.56 Å². The van der Waals surface area contributed by atoms with Gasteiger partial charge in [0.05, 0.1) is 7.11 Å². The zero-order valence-corrected chi connectivity index (χ0v) is 12.6. The molecule has 1 heteroatoms. The number of methoxy groups -OCH3 is 1. The van der Waals surface area contributed by atoms with E-state index < -0.39 is 0 Å². The van der Waals surface area contributed by atoms with Gasteiger partial charge in [0.1, 0.15) is 5.75 Å². The van der Waals surface area contributed by atoms with E-state index in [1.165, 1.54) is 63.4 Å². The summed E-state index contributed by atoms with van der Waals surface area (Å²) in [5.74, 6) is 1.10. The molecule has 0 N–H and O–H groups in total. The average Bonchev–Trinajstić information content (AvgIpc) is 2.48. The minimum Gasteiger partial charge on any atom is -0.496 e. The minimum absolute atomic E-state index is 0.389. The van der Waals surface area contributed by atoms with E-state index in [1.54, 1.807) is 7.11 Å². The van der Waals surface area contributed by atoms with Crippen molar-refractivity contribution in [2.75, 3.05) is 7.11 Å².